The van der Waals surface area contributed by atoms with Crippen molar-refractivity contribution in [3.8, 4) is 17.1 Å². The number of nitrogens with zero attached hydrogens (tertiary/aromatic N) is 7. The van der Waals surface area contributed by atoms with Gasteiger partial charge in [0.25, 0.3) is 0 Å². The maximum atomic E-state index is 6.03. The lowest BCUT2D eigenvalue weighted by molar-refractivity contribution is 0.0322. The van der Waals surface area contributed by atoms with Gasteiger partial charge in [-0.2, -0.15) is 0 Å². The van der Waals surface area contributed by atoms with Crippen LogP contribution in [0.5, 0.6) is 5.75 Å². The van der Waals surface area contributed by atoms with Crippen molar-refractivity contribution in [3.63, 3.8) is 0 Å². The van der Waals surface area contributed by atoms with Gasteiger partial charge in [-0.05, 0) is 24.3 Å². The van der Waals surface area contributed by atoms with E-state index in [0.717, 1.165) is 81.8 Å². The molecule has 0 spiro atoms. The van der Waals surface area contributed by atoms with Gasteiger partial charge >= 0.3 is 0 Å². The van der Waals surface area contributed by atoms with Crippen LogP contribution in [0.15, 0.2) is 55.1 Å². The molecule has 4 aromatic heterocycles. The zero-order valence-electron chi connectivity index (χ0n) is 21.1. The van der Waals surface area contributed by atoms with E-state index in [1.54, 1.807) is 24.8 Å². The zero-order chi connectivity index (χ0) is 25.6. The van der Waals surface area contributed by atoms with Gasteiger partial charge in [-0.25, -0.2) is 15.0 Å². The minimum absolute atomic E-state index is 0.464. The van der Waals surface area contributed by atoms with Crippen molar-refractivity contribution in [2.24, 2.45) is 0 Å². The number of morpholine rings is 2. The molecule has 0 aliphatic carbocycles. The molecule has 38 heavy (non-hydrogen) atoms. The van der Waals surface area contributed by atoms with Gasteiger partial charge in [0.2, 0.25) is 5.95 Å². The zero-order valence-corrected chi connectivity index (χ0v) is 21.1. The monoisotopic (exact) mass is 514 g/mol. The van der Waals surface area contributed by atoms with Crippen LogP contribution >= 0.6 is 0 Å². The first-order chi connectivity index (χ1) is 18.8. The number of fused-ring (bicyclic) bond motifs is 1. The molecule has 2 saturated heterocycles. The van der Waals surface area contributed by atoms with Crippen LogP contribution in [0, 0.1) is 0 Å². The summed E-state index contributed by atoms with van der Waals surface area (Å²) in [5.74, 6) is 2.15. The Kier molecular flexibility index (Phi) is 7.47. The highest BCUT2D eigenvalue weighted by Gasteiger charge is 2.14. The summed E-state index contributed by atoms with van der Waals surface area (Å²) < 4.78 is 16.9. The summed E-state index contributed by atoms with van der Waals surface area (Å²) >= 11 is 0. The summed E-state index contributed by atoms with van der Waals surface area (Å²) in [7, 11) is 0. The number of hydrogen-bond acceptors (Lipinski definition) is 11. The number of nitrogens with one attached hydrogen (secondary N) is 1. The minimum Gasteiger partial charge on any atom is -0.492 e. The van der Waals surface area contributed by atoms with E-state index in [9.17, 15) is 0 Å². The Bertz CT molecular complexity index is 1360. The van der Waals surface area contributed by atoms with Crippen LogP contribution in [0.25, 0.3) is 22.3 Å². The van der Waals surface area contributed by atoms with Crippen LogP contribution in [0.1, 0.15) is 0 Å². The lowest BCUT2D eigenvalue weighted by Crippen LogP contribution is -2.38. The molecule has 11 nitrogen and oxygen atoms in total. The van der Waals surface area contributed by atoms with Gasteiger partial charge in [0.15, 0.2) is 0 Å². The molecule has 0 aromatic carbocycles. The largest absolute Gasteiger partial charge is 0.492 e. The molecule has 4 aromatic rings. The number of anilines is 3. The van der Waals surface area contributed by atoms with E-state index in [4.69, 9.17) is 19.2 Å². The number of hydrogen-bond donors (Lipinski definition) is 1. The summed E-state index contributed by atoms with van der Waals surface area (Å²) in [5, 5.41) is 4.14. The van der Waals surface area contributed by atoms with Crippen LogP contribution in [0.2, 0.25) is 0 Å². The van der Waals surface area contributed by atoms with Crippen LogP contribution in [0.3, 0.4) is 0 Å². The number of pyridine rings is 3. The second-order valence-electron chi connectivity index (χ2n) is 9.10. The first kappa shape index (κ1) is 24.4. The molecular weight excluding hydrogens is 484 g/mol. The SMILES string of the molecule is c1cc(OCCN2CCOCC2)cc(-c2nccc3cnc(Nc4ccc(N5CCOCC5)nc4)nc23)n1. The molecule has 11 heteroatoms. The van der Waals surface area contributed by atoms with E-state index < -0.39 is 0 Å². The summed E-state index contributed by atoms with van der Waals surface area (Å²) in [6.07, 6.45) is 7.06. The second-order valence-corrected chi connectivity index (χ2v) is 9.10. The molecule has 6 rings (SSSR count). The Labute approximate surface area is 220 Å². The molecule has 2 aliphatic heterocycles. The van der Waals surface area contributed by atoms with E-state index in [-0.39, 0.29) is 0 Å². The van der Waals surface area contributed by atoms with Crippen molar-refractivity contribution in [2.75, 3.05) is 76.0 Å². The third kappa shape index (κ3) is 5.80. The Balaban J connectivity index is 1.17. The molecule has 0 bridgehead atoms. The van der Waals surface area contributed by atoms with Gasteiger partial charge in [-0.3, -0.25) is 14.9 Å². The fourth-order valence-electron chi connectivity index (χ4n) is 4.52. The molecule has 2 fully saturated rings. The third-order valence-electron chi connectivity index (χ3n) is 6.59. The fourth-order valence-corrected chi connectivity index (χ4v) is 4.52. The first-order valence-electron chi connectivity index (χ1n) is 12.9. The summed E-state index contributed by atoms with van der Waals surface area (Å²) in [6.45, 7) is 8.03. The van der Waals surface area contributed by atoms with E-state index in [1.165, 1.54) is 0 Å². The van der Waals surface area contributed by atoms with Gasteiger partial charge in [0.1, 0.15) is 29.4 Å². The highest BCUT2D eigenvalue weighted by atomic mass is 16.5. The normalized spacial score (nSPS) is 16.5. The number of aromatic nitrogens is 5. The molecule has 0 atom stereocenters. The summed E-state index contributed by atoms with van der Waals surface area (Å²) in [5.41, 5.74) is 2.88. The maximum Gasteiger partial charge on any atom is 0.227 e. The lowest BCUT2D eigenvalue weighted by atomic mass is 10.2. The van der Waals surface area contributed by atoms with Crippen molar-refractivity contribution in [3.05, 3.63) is 55.1 Å². The quantitative estimate of drug-likeness (QED) is 0.375. The Morgan fingerprint density at radius 3 is 2.47 bits per heavy atom. The third-order valence-corrected chi connectivity index (χ3v) is 6.59. The van der Waals surface area contributed by atoms with Gasteiger partial charge in [-0.15, -0.1) is 0 Å². The second kappa shape index (κ2) is 11.6. The first-order valence-corrected chi connectivity index (χ1v) is 12.9. The Morgan fingerprint density at radius 1 is 0.842 bits per heavy atom. The van der Waals surface area contributed by atoms with Gasteiger partial charge in [-0.1, -0.05) is 0 Å². The Hall–Kier alpha value is -3.93. The highest BCUT2D eigenvalue weighted by Crippen LogP contribution is 2.27. The average molecular weight is 515 g/mol. The molecule has 6 heterocycles. The van der Waals surface area contributed by atoms with Crippen LogP contribution < -0.4 is 15.0 Å². The molecule has 0 unspecified atom stereocenters. The van der Waals surface area contributed by atoms with Crippen molar-refractivity contribution in [1.29, 1.82) is 0 Å². The van der Waals surface area contributed by atoms with Crippen LogP contribution in [-0.4, -0.2) is 95.6 Å². The standard InChI is InChI=1S/C27H30N8O3/c1-2-24(35-10-14-37-15-11-35)30-19-21(1)32-27-31-18-20-3-5-29-26(25(20)33-27)23-17-22(4-6-28-23)38-16-9-34-7-12-36-13-8-34/h1-6,17-19H,7-16H2,(H,31,32,33). The fraction of sp³-hybridized carbons (Fsp3) is 0.370. The van der Waals surface area contributed by atoms with Crippen LogP contribution in [-0.2, 0) is 9.47 Å². The highest BCUT2D eigenvalue weighted by molar-refractivity contribution is 5.90. The molecule has 2 aliphatic rings. The number of ether oxygens (including phenoxy) is 3. The van der Waals surface area contributed by atoms with Gasteiger partial charge in [0, 0.05) is 62.8 Å². The van der Waals surface area contributed by atoms with Gasteiger partial charge < -0.3 is 24.4 Å². The van der Waals surface area contributed by atoms with Crippen molar-refractivity contribution in [2.45, 2.75) is 0 Å². The maximum absolute atomic E-state index is 6.03. The Morgan fingerprint density at radius 2 is 1.66 bits per heavy atom. The summed E-state index contributed by atoms with van der Waals surface area (Å²) in [4.78, 5) is 27.6. The number of rotatable bonds is 8. The molecular formula is C27H30N8O3. The van der Waals surface area contributed by atoms with E-state index in [2.05, 4.69) is 35.1 Å². The van der Waals surface area contributed by atoms with Gasteiger partial charge in [0.05, 0.1) is 44.0 Å². The average Bonchev–Trinajstić information content (AvgIpc) is 2.98. The predicted molar refractivity (Wildman–Crippen MR) is 144 cm³/mol. The topological polar surface area (TPSA) is 111 Å². The lowest BCUT2D eigenvalue weighted by Gasteiger charge is -2.27. The molecule has 0 amide bonds. The van der Waals surface area contributed by atoms with Crippen LogP contribution in [0.4, 0.5) is 17.5 Å². The predicted octanol–water partition coefficient (Wildman–Crippen LogP) is 2.77. The molecule has 0 radical (unpaired) electrons. The van der Waals surface area contributed by atoms with E-state index in [0.29, 0.717) is 29.5 Å². The van der Waals surface area contributed by atoms with Crippen molar-refractivity contribution < 1.29 is 14.2 Å². The molecule has 196 valence electrons. The minimum atomic E-state index is 0.464. The van der Waals surface area contributed by atoms with Crippen molar-refractivity contribution in [1.82, 2.24) is 29.8 Å². The molecule has 0 saturated carbocycles. The van der Waals surface area contributed by atoms with E-state index in [1.807, 2.05) is 30.3 Å². The van der Waals surface area contributed by atoms with Crippen molar-refractivity contribution >= 4 is 28.4 Å². The molecule has 1 N–H and O–H groups in total. The smallest absolute Gasteiger partial charge is 0.227 e. The summed E-state index contributed by atoms with van der Waals surface area (Å²) in [6, 6.07) is 9.64. The van der Waals surface area contributed by atoms with E-state index >= 15 is 0 Å².